The molecule has 7 nitrogen and oxygen atoms in total. The number of ether oxygens (including phenoxy) is 2. The Hall–Kier alpha value is -2.42. The number of benzene rings is 1. The van der Waals surface area contributed by atoms with E-state index in [1.54, 1.807) is 0 Å². The fourth-order valence-electron chi connectivity index (χ4n) is 1.49. The van der Waals surface area contributed by atoms with Crippen LogP contribution in [0.1, 0.15) is 6.42 Å². The quantitative estimate of drug-likeness (QED) is 0.675. The number of halogens is 2. The van der Waals surface area contributed by atoms with Crippen LogP contribution in [0, 0.1) is 0 Å². The van der Waals surface area contributed by atoms with Crippen molar-refractivity contribution >= 4 is 17.5 Å². The first-order valence-electron chi connectivity index (χ1n) is 5.81. The highest BCUT2D eigenvalue weighted by atomic mass is 19.3. The average Bonchev–Trinajstić information content (AvgIpc) is 2.37. The van der Waals surface area contributed by atoms with Crippen LogP contribution < -0.4 is 26.3 Å². The van der Waals surface area contributed by atoms with E-state index in [2.05, 4.69) is 10.1 Å². The Morgan fingerprint density at radius 3 is 2.52 bits per heavy atom. The van der Waals surface area contributed by atoms with Crippen LogP contribution >= 0.6 is 0 Å². The van der Waals surface area contributed by atoms with Crippen molar-refractivity contribution in [3.63, 3.8) is 0 Å². The summed E-state index contributed by atoms with van der Waals surface area (Å²) in [5, 5.41) is 2.36. The molecule has 0 aromatic heterocycles. The first-order chi connectivity index (χ1) is 9.83. The Labute approximate surface area is 119 Å². The number of primary amides is 1. The van der Waals surface area contributed by atoms with Gasteiger partial charge in [0.25, 0.3) is 0 Å². The molecule has 2 amide bonds. The number of nitrogens with two attached hydrogens (primary N) is 2. The molecule has 116 valence electrons. The van der Waals surface area contributed by atoms with E-state index in [9.17, 15) is 18.4 Å². The molecule has 1 unspecified atom stereocenters. The van der Waals surface area contributed by atoms with E-state index in [1.807, 2.05) is 0 Å². The lowest BCUT2D eigenvalue weighted by Gasteiger charge is -2.14. The molecular formula is C12H15F2N3O4. The van der Waals surface area contributed by atoms with Crippen LogP contribution in [-0.4, -0.2) is 31.6 Å². The molecule has 1 aromatic rings. The standard InChI is InChI=1S/C12H15F2N3O4/c1-20-8-3-2-6(4-9(8)21-12(13)14)17-11(19)7(15)5-10(16)18/h2-4,7,12H,5,15H2,1H3,(H2,16,18)(H,17,19). The molecule has 9 heteroatoms. The topological polar surface area (TPSA) is 117 Å². The molecule has 1 atom stereocenters. The second kappa shape index (κ2) is 7.39. The van der Waals surface area contributed by atoms with Crippen molar-refractivity contribution in [1.82, 2.24) is 0 Å². The molecule has 5 N–H and O–H groups in total. The number of alkyl halides is 2. The summed E-state index contributed by atoms with van der Waals surface area (Å²) < 4.78 is 33.7. The van der Waals surface area contributed by atoms with Crippen LogP contribution in [0.3, 0.4) is 0 Å². The van der Waals surface area contributed by atoms with Crippen LogP contribution in [0.5, 0.6) is 11.5 Å². The highest BCUT2D eigenvalue weighted by molar-refractivity contribution is 5.97. The number of hydrogen-bond donors (Lipinski definition) is 3. The van der Waals surface area contributed by atoms with Gasteiger partial charge in [0.2, 0.25) is 11.8 Å². The first-order valence-corrected chi connectivity index (χ1v) is 5.81. The van der Waals surface area contributed by atoms with Crippen LogP contribution in [0.4, 0.5) is 14.5 Å². The van der Waals surface area contributed by atoms with Gasteiger partial charge in [-0.25, -0.2) is 0 Å². The van der Waals surface area contributed by atoms with E-state index in [1.165, 1.54) is 19.2 Å². The average molecular weight is 303 g/mol. The number of hydrogen-bond acceptors (Lipinski definition) is 5. The number of carbonyl (C=O) groups is 2. The molecule has 0 aliphatic carbocycles. The van der Waals surface area contributed by atoms with Crippen molar-refractivity contribution in [1.29, 1.82) is 0 Å². The maximum atomic E-state index is 12.3. The second-order valence-corrected chi connectivity index (χ2v) is 4.01. The summed E-state index contributed by atoms with van der Waals surface area (Å²) in [4.78, 5) is 22.3. The van der Waals surface area contributed by atoms with Crippen molar-refractivity contribution in [2.45, 2.75) is 19.1 Å². The molecule has 0 saturated carbocycles. The fourth-order valence-corrected chi connectivity index (χ4v) is 1.49. The summed E-state index contributed by atoms with van der Waals surface area (Å²) in [5.74, 6) is -1.57. The lowest BCUT2D eigenvalue weighted by atomic mass is 10.2. The molecular weight excluding hydrogens is 288 g/mol. The third kappa shape index (κ3) is 5.22. The summed E-state index contributed by atoms with van der Waals surface area (Å²) in [7, 11) is 1.29. The van der Waals surface area contributed by atoms with Crippen LogP contribution in [0.25, 0.3) is 0 Å². The van der Waals surface area contributed by atoms with Gasteiger partial charge >= 0.3 is 6.61 Å². The molecule has 0 spiro atoms. The van der Waals surface area contributed by atoms with Gasteiger partial charge in [-0.15, -0.1) is 0 Å². The van der Waals surface area contributed by atoms with E-state index >= 15 is 0 Å². The zero-order valence-corrected chi connectivity index (χ0v) is 11.1. The van der Waals surface area contributed by atoms with Crippen LogP contribution in [0.2, 0.25) is 0 Å². The summed E-state index contributed by atoms with van der Waals surface area (Å²) >= 11 is 0. The number of amides is 2. The smallest absolute Gasteiger partial charge is 0.387 e. The lowest BCUT2D eigenvalue weighted by Crippen LogP contribution is -2.38. The number of methoxy groups -OCH3 is 1. The molecule has 0 saturated heterocycles. The first kappa shape index (κ1) is 16.6. The van der Waals surface area contributed by atoms with Crippen molar-refractivity contribution in [2.24, 2.45) is 11.5 Å². The highest BCUT2D eigenvalue weighted by Crippen LogP contribution is 2.31. The summed E-state index contributed by atoms with van der Waals surface area (Å²) in [6.45, 7) is -3.04. The van der Waals surface area contributed by atoms with E-state index in [4.69, 9.17) is 16.2 Å². The highest BCUT2D eigenvalue weighted by Gasteiger charge is 2.17. The summed E-state index contributed by atoms with van der Waals surface area (Å²) in [6, 6.07) is 2.77. The van der Waals surface area contributed by atoms with Gasteiger partial charge in [-0.1, -0.05) is 0 Å². The third-order valence-corrected chi connectivity index (χ3v) is 2.41. The lowest BCUT2D eigenvalue weighted by molar-refractivity contribution is -0.123. The largest absolute Gasteiger partial charge is 0.493 e. The number of anilines is 1. The molecule has 0 fully saturated rings. The zero-order valence-electron chi connectivity index (χ0n) is 11.1. The Kier molecular flexibility index (Phi) is 5.85. The van der Waals surface area contributed by atoms with Crippen molar-refractivity contribution < 1.29 is 27.8 Å². The van der Waals surface area contributed by atoms with Crippen LogP contribution in [-0.2, 0) is 9.59 Å². The predicted molar refractivity (Wildman–Crippen MR) is 70.0 cm³/mol. The molecule has 0 aliphatic rings. The van der Waals surface area contributed by atoms with Crippen molar-refractivity contribution in [3.8, 4) is 11.5 Å². The zero-order chi connectivity index (χ0) is 16.0. The molecule has 0 bridgehead atoms. The van der Waals surface area contributed by atoms with Gasteiger partial charge in [-0.2, -0.15) is 8.78 Å². The van der Waals surface area contributed by atoms with E-state index < -0.39 is 24.5 Å². The molecule has 21 heavy (non-hydrogen) atoms. The maximum absolute atomic E-state index is 12.3. The van der Waals surface area contributed by atoms with E-state index in [0.717, 1.165) is 6.07 Å². The Morgan fingerprint density at radius 1 is 1.33 bits per heavy atom. The predicted octanol–water partition coefficient (Wildman–Crippen LogP) is 0.438. The van der Waals surface area contributed by atoms with Gasteiger partial charge < -0.3 is 26.3 Å². The maximum Gasteiger partial charge on any atom is 0.387 e. The molecule has 1 rings (SSSR count). The Bertz CT molecular complexity index is 525. The SMILES string of the molecule is COc1ccc(NC(=O)C(N)CC(N)=O)cc1OC(F)F. The minimum atomic E-state index is -3.04. The van der Waals surface area contributed by atoms with E-state index in [-0.39, 0.29) is 23.6 Å². The second-order valence-electron chi connectivity index (χ2n) is 4.01. The number of nitrogens with one attached hydrogen (secondary N) is 1. The summed E-state index contributed by atoms with van der Waals surface area (Å²) in [6.07, 6.45) is -0.331. The normalized spacial score (nSPS) is 11.9. The fraction of sp³-hybridized carbons (Fsp3) is 0.333. The third-order valence-electron chi connectivity index (χ3n) is 2.41. The molecule has 1 aromatic carbocycles. The Balaban J connectivity index is 2.84. The van der Waals surface area contributed by atoms with Gasteiger partial charge in [-0.3, -0.25) is 9.59 Å². The van der Waals surface area contributed by atoms with Gasteiger partial charge in [0.1, 0.15) is 0 Å². The number of rotatable bonds is 7. The Morgan fingerprint density at radius 2 is 2.00 bits per heavy atom. The molecule has 0 heterocycles. The van der Waals surface area contributed by atoms with Crippen molar-refractivity contribution in [2.75, 3.05) is 12.4 Å². The van der Waals surface area contributed by atoms with Gasteiger partial charge in [-0.05, 0) is 12.1 Å². The van der Waals surface area contributed by atoms with Crippen molar-refractivity contribution in [3.05, 3.63) is 18.2 Å². The van der Waals surface area contributed by atoms with E-state index in [0.29, 0.717) is 0 Å². The minimum absolute atomic E-state index is 0.0785. The van der Waals surface area contributed by atoms with Gasteiger partial charge in [0.15, 0.2) is 11.5 Å². The minimum Gasteiger partial charge on any atom is -0.493 e. The monoisotopic (exact) mass is 303 g/mol. The summed E-state index contributed by atoms with van der Waals surface area (Å²) in [5.41, 5.74) is 10.5. The molecule has 0 aliphatic heterocycles. The van der Waals surface area contributed by atoms with Crippen LogP contribution in [0.15, 0.2) is 18.2 Å². The molecule has 0 radical (unpaired) electrons. The van der Waals surface area contributed by atoms with Gasteiger partial charge in [0.05, 0.1) is 19.6 Å². The number of carbonyl (C=O) groups excluding carboxylic acids is 2. The van der Waals surface area contributed by atoms with Gasteiger partial charge in [0, 0.05) is 11.8 Å².